The molecule has 0 spiro atoms. The number of aryl methyl sites for hydroxylation is 1. The molecule has 0 aromatic heterocycles. The highest BCUT2D eigenvalue weighted by atomic mass is 32.2. The first kappa shape index (κ1) is 16.8. The molecule has 1 aliphatic carbocycles. The average Bonchev–Trinajstić information content (AvgIpc) is 2.42. The summed E-state index contributed by atoms with van der Waals surface area (Å²) in [6.07, 6.45) is 1.48. The van der Waals surface area contributed by atoms with Crippen molar-refractivity contribution < 1.29 is 27.1 Å². The molecule has 1 saturated carbocycles. The highest BCUT2D eigenvalue weighted by Crippen LogP contribution is 2.26. The van der Waals surface area contributed by atoms with E-state index in [2.05, 4.69) is 4.72 Å². The van der Waals surface area contributed by atoms with Gasteiger partial charge in [-0.2, -0.15) is 0 Å². The first-order chi connectivity index (χ1) is 10.2. The fourth-order valence-electron chi connectivity index (χ4n) is 2.58. The van der Waals surface area contributed by atoms with Crippen molar-refractivity contribution >= 4 is 16.0 Å². The van der Waals surface area contributed by atoms with Crippen LogP contribution in [-0.2, 0) is 14.8 Å². The molecule has 1 fully saturated rings. The van der Waals surface area contributed by atoms with E-state index in [9.17, 15) is 22.0 Å². The van der Waals surface area contributed by atoms with Crippen molar-refractivity contribution in [2.45, 2.75) is 43.5 Å². The SMILES string of the molecule is Cc1cc(S(=O)(=O)NC2CCC(C(=O)O)CC2)c(F)cc1F. The van der Waals surface area contributed by atoms with E-state index in [1.165, 1.54) is 6.92 Å². The van der Waals surface area contributed by atoms with Crippen LogP contribution in [0.1, 0.15) is 31.2 Å². The summed E-state index contributed by atoms with van der Waals surface area (Å²) in [6, 6.07) is 1.06. The maximum absolute atomic E-state index is 13.7. The smallest absolute Gasteiger partial charge is 0.306 e. The van der Waals surface area contributed by atoms with Gasteiger partial charge >= 0.3 is 5.97 Å². The highest BCUT2D eigenvalue weighted by molar-refractivity contribution is 7.89. The Morgan fingerprint density at radius 2 is 1.77 bits per heavy atom. The number of halogens is 2. The van der Waals surface area contributed by atoms with Crippen molar-refractivity contribution in [1.29, 1.82) is 0 Å². The molecule has 22 heavy (non-hydrogen) atoms. The quantitative estimate of drug-likeness (QED) is 0.885. The summed E-state index contributed by atoms with van der Waals surface area (Å²) in [4.78, 5) is 10.3. The van der Waals surface area contributed by atoms with Gasteiger partial charge in [0.15, 0.2) is 0 Å². The molecule has 0 radical (unpaired) electrons. The molecular formula is C14H17F2NO4S. The molecule has 0 aliphatic heterocycles. The van der Waals surface area contributed by atoms with Gasteiger partial charge in [0.25, 0.3) is 0 Å². The maximum atomic E-state index is 13.7. The van der Waals surface area contributed by atoms with Crippen LogP contribution in [0.5, 0.6) is 0 Å². The van der Waals surface area contributed by atoms with Crippen LogP contribution in [0, 0.1) is 24.5 Å². The van der Waals surface area contributed by atoms with E-state index >= 15 is 0 Å². The lowest BCUT2D eigenvalue weighted by Gasteiger charge is -2.26. The summed E-state index contributed by atoms with van der Waals surface area (Å²) >= 11 is 0. The molecule has 122 valence electrons. The first-order valence-electron chi connectivity index (χ1n) is 6.91. The second kappa shape index (κ2) is 6.29. The van der Waals surface area contributed by atoms with Gasteiger partial charge in [-0.15, -0.1) is 0 Å². The number of hydrogen-bond donors (Lipinski definition) is 2. The molecule has 1 aliphatic rings. The van der Waals surface area contributed by atoms with E-state index in [0.29, 0.717) is 31.7 Å². The largest absolute Gasteiger partial charge is 0.481 e. The molecule has 0 saturated heterocycles. The zero-order valence-corrected chi connectivity index (χ0v) is 12.8. The van der Waals surface area contributed by atoms with E-state index in [4.69, 9.17) is 5.11 Å². The number of sulfonamides is 1. The lowest BCUT2D eigenvalue weighted by molar-refractivity contribution is -0.142. The van der Waals surface area contributed by atoms with E-state index in [1.54, 1.807) is 0 Å². The molecular weight excluding hydrogens is 316 g/mol. The number of carboxylic acids is 1. The summed E-state index contributed by atoms with van der Waals surface area (Å²) in [5, 5.41) is 8.90. The Morgan fingerprint density at radius 3 is 2.32 bits per heavy atom. The molecule has 0 amide bonds. The van der Waals surface area contributed by atoms with E-state index in [1.807, 2.05) is 0 Å². The summed E-state index contributed by atoms with van der Waals surface area (Å²) in [5.41, 5.74) is 0.0383. The van der Waals surface area contributed by atoms with Gasteiger partial charge < -0.3 is 5.11 Å². The number of rotatable bonds is 4. The Balaban J connectivity index is 2.13. The van der Waals surface area contributed by atoms with Crippen molar-refractivity contribution in [3.05, 3.63) is 29.3 Å². The lowest BCUT2D eigenvalue weighted by atomic mass is 9.87. The summed E-state index contributed by atoms with van der Waals surface area (Å²) in [6.45, 7) is 1.35. The Morgan fingerprint density at radius 1 is 1.18 bits per heavy atom. The highest BCUT2D eigenvalue weighted by Gasteiger charge is 2.30. The van der Waals surface area contributed by atoms with Crippen LogP contribution in [0.25, 0.3) is 0 Å². The van der Waals surface area contributed by atoms with Gasteiger partial charge in [0, 0.05) is 12.1 Å². The van der Waals surface area contributed by atoms with Gasteiger partial charge in [-0.25, -0.2) is 21.9 Å². The van der Waals surface area contributed by atoms with Gasteiger partial charge in [-0.3, -0.25) is 4.79 Å². The van der Waals surface area contributed by atoms with Crippen molar-refractivity contribution in [3.63, 3.8) is 0 Å². The van der Waals surface area contributed by atoms with Gasteiger partial charge in [0.05, 0.1) is 5.92 Å². The summed E-state index contributed by atoms with van der Waals surface area (Å²) in [5.74, 6) is -3.31. The van der Waals surface area contributed by atoms with Crippen LogP contribution in [0.4, 0.5) is 8.78 Å². The second-order valence-corrected chi connectivity index (χ2v) is 7.22. The Labute approximate surface area is 127 Å². The molecule has 0 bridgehead atoms. The van der Waals surface area contributed by atoms with Gasteiger partial charge in [0.2, 0.25) is 10.0 Å². The maximum Gasteiger partial charge on any atom is 0.306 e. The average molecular weight is 333 g/mol. The van der Waals surface area contributed by atoms with E-state index < -0.39 is 44.5 Å². The molecule has 5 nitrogen and oxygen atoms in total. The van der Waals surface area contributed by atoms with Crippen molar-refractivity contribution in [2.75, 3.05) is 0 Å². The number of aliphatic carboxylic acids is 1. The van der Waals surface area contributed by atoms with Crippen LogP contribution in [0.15, 0.2) is 17.0 Å². The monoisotopic (exact) mass is 333 g/mol. The van der Waals surface area contributed by atoms with Gasteiger partial charge in [0.1, 0.15) is 16.5 Å². The number of nitrogens with one attached hydrogen (secondary N) is 1. The minimum atomic E-state index is -4.11. The molecule has 2 N–H and O–H groups in total. The third kappa shape index (κ3) is 3.61. The van der Waals surface area contributed by atoms with Crippen LogP contribution >= 0.6 is 0 Å². The fraction of sp³-hybridized carbons (Fsp3) is 0.500. The Bertz CT molecular complexity index is 682. The summed E-state index contributed by atoms with van der Waals surface area (Å²) < 4.78 is 53.7. The van der Waals surface area contributed by atoms with Gasteiger partial charge in [-0.05, 0) is 44.2 Å². The Hall–Kier alpha value is -1.54. The molecule has 0 unspecified atom stereocenters. The molecule has 0 heterocycles. The molecule has 2 rings (SSSR count). The zero-order valence-electron chi connectivity index (χ0n) is 12.0. The van der Waals surface area contributed by atoms with Crippen LogP contribution in [0.2, 0.25) is 0 Å². The van der Waals surface area contributed by atoms with Crippen LogP contribution in [-0.4, -0.2) is 25.5 Å². The second-order valence-electron chi connectivity index (χ2n) is 5.54. The minimum absolute atomic E-state index is 0.0383. The van der Waals surface area contributed by atoms with Gasteiger partial charge in [-0.1, -0.05) is 0 Å². The number of carboxylic acid groups (broad SMARTS) is 1. The molecule has 0 atom stereocenters. The topological polar surface area (TPSA) is 83.5 Å². The minimum Gasteiger partial charge on any atom is -0.481 e. The van der Waals surface area contributed by atoms with Crippen LogP contribution in [0.3, 0.4) is 0 Å². The predicted molar refractivity (Wildman–Crippen MR) is 74.8 cm³/mol. The number of carbonyl (C=O) groups is 1. The Kier molecular flexibility index (Phi) is 4.81. The van der Waals surface area contributed by atoms with Crippen molar-refractivity contribution in [1.82, 2.24) is 4.72 Å². The number of benzene rings is 1. The third-order valence-corrected chi connectivity index (χ3v) is 5.44. The van der Waals surface area contributed by atoms with E-state index in [-0.39, 0.29) is 5.56 Å². The third-order valence-electron chi connectivity index (χ3n) is 3.90. The standard InChI is InChI=1S/C14H17F2NO4S/c1-8-6-13(12(16)7-11(8)15)22(20,21)17-10-4-2-9(3-5-10)14(18)19/h6-7,9-10,17H,2-5H2,1H3,(H,18,19). The molecule has 8 heteroatoms. The van der Waals surface area contributed by atoms with Crippen molar-refractivity contribution in [2.24, 2.45) is 5.92 Å². The fourth-order valence-corrected chi connectivity index (χ4v) is 4.03. The summed E-state index contributed by atoms with van der Waals surface area (Å²) in [7, 11) is -4.11. The normalized spacial score (nSPS) is 22.5. The first-order valence-corrected chi connectivity index (χ1v) is 8.40. The van der Waals surface area contributed by atoms with Crippen LogP contribution < -0.4 is 4.72 Å². The number of hydrogen-bond acceptors (Lipinski definition) is 3. The van der Waals surface area contributed by atoms with Crippen molar-refractivity contribution in [3.8, 4) is 0 Å². The lowest BCUT2D eigenvalue weighted by Crippen LogP contribution is -2.39. The molecule has 1 aromatic carbocycles. The zero-order chi connectivity index (χ0) is 16.5. The molecule has 1 aromatic rings. The van der Waals surface area contributed by atoms with E-state index in [0.717, 1.165) is 6.07 Å². The predicted octanol–water partition coefficient (Wildman–Crippen LogP) is 2.19.